The summed E-state index contributed by atoms with van der Waals surface area (Å²) in [6, 6.07) is 8.20. The molecule has 3 rings (SSSR count). The van der Waals surface area contributed by atoms with E-state index in [1.807, 2.05) is 45.2 Å². The van der Waals surface area contributed by atoms with Crippen molar-refractivity contribution in [3.63, 3.8) is 0 Å². The average Bonchev–Trinajstić information content (AvgIpc) is 3.23. The first-order valence-corrected chi connectivity index (χ1v) is 12.7. The number of pyridine rings is 1. The quantitative estimate of drug-likeness (QED) is 0.398. The molecule has 2 aromatic heterocycles. The Kier molecular flexibility index (Phi) is 8.33. The number of rotatable bonds is 9. The number of aromatic nitrogens is 1. The van der Waals surface area contributed by atoms with E-state index in [-0.39, 0.29) is 23.8 Å². The van der Waals surface area contributed by atoms with Crippen molar-refractivity contribution in [3.05, 3.63) is 80.1 Å². The number of nitrogens with zero attached hydrogens (tertiary/aromatic N) is 1. The summed E-state index contributed by atoms with van der Waals surface area (Å²) >= 11 is 1.54. The van der Waals surface area contributed by atoms with Gasteiger partial charge in [0.1, 0.15) is 6.04 Å². The second kappa shape index (κ2) is 11.0. The molecule has 2 atom stereocenters. The van der Waals surface area contributed by atoms with Gasteiger partial charge >= 0.3 is 5.97 Å². The van der Waals surface area contributed by atoms with Crippen molar-refractivity contribution in [2.45, 2.75) is 66.5 Å². The molecule has 2 heterocycles. The van der Waals surface area contributed by atoms with Gasteiger partial charge < -0.3 is 15.0 Å². The highest BCUT2D eigenvalue weighted by molar-refractivity contribution is 7.13. The summed E-state index contributed by atoms with van der Waals surface area (Å²) in [4.78, 5) is 39.0. The molecule has 35 heavy (non-hydrogen) atoms. The Morgan fingerprint density at radius 2 is 1.69 bits per heavy atom. The van der Waals surface area contributed by atoms with Gasteiger partial charge in [0.25, 0.3) is 5.56 Å². The number of nitrogens with one attached hydrogen (secondary N) is 1. The molecule has 3 aromatic rings. The molecule has 6 nitrogen and oxygen atoms in total. The second-order valence-electron chi connectivity index (χ2n) is 9.70. The van der Waals surface area contributed by atoms with Gasteiger partial charge in [-0.25, -0.2) is 0 Å². The number of aliphatic carboxylic acids is 1. The number of aryl methyl sites for hydroxylation is 4. The van der Waals surface area contributed by atoms with E-state index in [2.05, 4.69) is 31.3 Å². The molecule has 0 saturated heterocycles. The van der Waals surface area contributed by atoms with Crippen molar-refractivity contribution in [1.82, 2.24) is 9.88 Å². The molecule has 0 aliphatic rings. The zero-order valence-corrected chi connectivity index (χ0v) is 22.0. The van der Waals surface area contributed by atoms with Crippen LogP contribution in [0, 0.1) is 33.6 Å². The highest BCUT2D eigenvalue weighted by Crippen LogP contribution is 2.35. The van der Waals surface area contributed by atoms with E-state index in [9.17, 15) is 19.5 Å². The van der Waals surface area contributed by atoms with Crippen LogP contribution in [0.3, 0.4) is 0 Å². The lowest BCUT2D eigenvalue weighted by Crippen LogP contribution is -2.40. The van der Waals surface area contributed by atoms with Crippen molar-refractivity contribution >= 4 is 23.2 Å². The van der Waals surface area contributed by atoms with E-state index in [0.717, 1.165) is 38.3 Å². The summed E-state index contributed by atoms with van der Waals surface area (Å²) in [6.45, 7) is 11.9. The minimum Gasteiger partial charge on any atom is -0.481 e. The fourth-order valence-corrected chi connectivity index (χ4v) is 5.49. The SMILES string of the molecule is Cc1cc(=O)n([C@@H](CC(C)C)C(=O)N[C@@H](CC(=O)O)c2csc(-c3c(C)cccc3C)c2)cc1C. The molecular weight excluding hydrogens is 460 g/mol. The predicted molar refractivity (Wildman–Crippen MR) is 141 cm³/mol. The van der Waals surface area contributed by atoms with Crippen molar-refractivity contribution in [3.8, 4) is 10.4 Å². The number of amides is 1. The molecule has 2 N–H and O–H groups in total. The van der Waals surface area contributed by atoms with Crippen molar-refractivity contribution in [2.24, 2.45) is 5.92 Å². The van der Waals surface area contributed by atoms with Gasteiger partial charge in [-0.1, -0.05) is 32.0 Å². The molecule has 1 aromatic carbocycles. The molecule has 1 amide bonds. The van der Waals surface area contributed by atoms with E-state index >= 15 is 0 Å². The molecule has 0 fully saturated rings. The first-order chi connectivity index (χ1) is 16.5. The topological polar surface area (TPSA) is 88.4 Å². The third-order valence-corrected chi connectivity index (χ3v) is 7.29. The standard InChI is InChI=1S/C28H34N2O4S/c1-16(2)10-23(30-14-20(6)19(5)11-25(30)31)28(34)29-22(13-26(32)33)21-12-24(35-15-21)27-17(3)8-7-9-18(27)4/h7-9,11-12,14-16,22-23H,10,13H2,1-6H3,(H,29,34)(H,32,33)/t22-,23-/m0/s1. The minimum absolute atomic E-state index is 0.161. The van der Waals surface area contributed by atoms with Crippen LogP contribution in [0.1, 0.15) is 66.6 Å². The van der Waals surface area contributed by atoms with E-state index in [4.69, 9.17) is 0 Å². The summed E-state index contributed by atoms with van der Waals surface area (Å²) in [5.41, 5.74) is 5.71. The van der Waals surface area contributed by atoms with Crippen LogP contribution in [0.15, 0.2) is 46.7 Å². The van der Waals surface area contributed by atoms with E-state index in [1.54, 1.807) is 12.3 Å². The zero-order valence-electron chi connectivity index (χ0n) is 21.2. The van der Waals surface area contributed by atoms with Crippen LogP contribution in [0.5, 0.6) is 0 Å². The molecule has 0 saturated carbocycles. The van der Waals surface area contributed by atoms with Crippen molar-refractivity contribution < 1.29 is 14.7 Å². The molecule has 0 aliphatic carbocycles. The van der Waals surface area contributed by atoms with Crippen molar-refractivity contribution in [1.29, 1.82) is 0 Å². The summed E-state index contributed by atoms with van der Waals surface area (Å²) in [7, 11) is 0. The van der Waals surface area contributed by atoms with Gasteiger partial charge in [0, 0.05) is 17.1 Å². The summed E-state index contributed by atoms with van der Waals surface area (Å²) in [5, 5.41) is 14.4. The Hall–Kier alpha value is -3.19. The van der Waals surface area contributed by atoms with Gasteiger partial charge in [-0.05, 0) is 84.9 Å². The van der Waals surface area contributed by atoms with Gasteiger partial charge in [0.2, 0.25) is 5.91 Å². The number of carboxylic acid groups (broad SMARTS) is 1. The third kappa shape index (κ3) is 6.28. The summed E-state index contributed by atoms with van der Waals surface area (Å²) < 4.78 is 1.48. The number of carbonyl (C=O) groups excluding carboxylic acids is 1. The van der Waals surface area contributed by atoms with Crippen LogP contribution in [-0.4, -0.2) is 21.6 Å². The molecule has 0 unspecified atom stereocenters. The Bertz CT molecular complexity index is 1270. The lowest BCUT2D eigenvalue weighted by Gasteiger charge is -2.25. The summed E-state index contributed by atoms with van der Waals surface area (Å²) in [6.07, 6.45) is 1.94. The highest BCUT2D eigenvalue weighted by atomic mass is 32.1. The Balaban J connectivity index is 1.96. The number of thiophene rings is 1. The van der Waals surface area contributed by atoms with Crippen LogP contribution in [0.4, 0.5) is 0 Å². The van der Waals surface area contributed by atoms with Crippen LogP contribution in [-0.2, 0) is 9.59 Å². The molecular formula is C28H34N2O4S. The van der Waals surface area contributed by atoms with E-state index in [0.29, 0.717) is 6.42 Å². The van der Waals surface area contributed by atoms with Crippen molar-refractivity contribution in [2.75, 3.05) is 0 Å². The number of hydrogen-bond acceptors (Lipinski definition) is 4. The molecule has 0 radical (unpaired) electrons. The van der Waals surface area contributed by atoms with Gasteiger partial charge in [0.05, 0.1) is 12.5 Å². The van der Waals surface area contributed by atoms with Gasteiger partial charge in [-0.15, -0.1) is 11.3 Å². The van der Waals surface area contributed by atoms with Gasteiger partial charge in [-0.2, -0.15) is 0 Å². The number of hydrogen-bond donors (Lipinski definition) is 2. The van der Waals surface area contributed by atoms with Crippen LogP contribution in [0.2, 0.25) is 0 Å². The van der Waals surface area contributed by atoms with Crippen LogP contribution < -0.4 is 10.9 Å². The smallest absolute Gasteiger partial charge is 0.305 e. The minimum atomic E-state index is -1.00. The Morgan fingerprint density at radius 1 is 1.03 bits per heavy atom. The number of benzene rings is 1. The molecule has 7 heteroatoms. The zero-order chi connectivity index (χ0) is 25.9. The Labute approximate surface area is 210 Å². The molecule has 0 aliphatic heterocycles. The average molecular weight is 495 g/mol. The first-order valence-electron chi connectivity index (χ1n) is 11.8. The van der Waals surface area contributed by atoms with Crippen LogP contribution >= 0.6 is 11.3 Å². The largest absolute Gasteiger partial charge is 0.481 e. The van der Waals surface area contributed by atoms with Crippen LogP contribution in [0.25, 0.3) is 10.4 Å². The fraction of sp³-hybridized carbons (Fsp3) is 0.393. The third-order valence-electron chi connectivity index (χ3n) is 6.33. The van der Waals surface area contributed by atoms with Gasteiger partial charge in [0.15, 0.2) is 0 Å². The normalized spacial score (nSPS) is 13.0. The molecule has 186 valence electrons. The second-order valence-corrected chi connectivity index (χ2v) is 10.6. The summed E-state index contributed by atoms with van der Waals surface area (Å²) in [5.74, 6) is -1.19. The maximum atomic E-state index is 13.5. The molecule has 0 spiro atoms. The van der Waals surface area contributed by atoms with Gasteiger partial charge in [-0.3, -0.25) is 14.4 Å². The van der Waals surface area contributed by atoms with E-state index < -0.39 is 18.1 Å². The first kappa shape index (κ1) is 26.4. The monoisotopic (exact) mass is 494 g/mol. The maximum absolute atomic E-state index is 13.5. The van der Waals surface area contributed by atoms with E-state index in [1.165, 1.54) is 15.9 Å². The fourth-order valence-electron chi connectivity index (χ4n) is 4.35. The lowest BCUT2D eigenvalue weighted by molar-refractivity contribution is -0.138. The lowest BCUT2D eigenvalue weighted by atomic mass is 9.98. The number of carbonyl (C=O) groups is 2. The highest BCUT2D eigenvalue weighted by Gasteiger charge is 2.27. The Morgan fingerprint density at radius 3 is 2.29 bits per heavy atom. The predicted octanol–water partition coefficient (Wildman–Crippen LogP) is 5.73. The number of carboxylic acids is 1. The molecule has 0 bridgehead atoms. The maximum Gasteiger partial charge on any atom is 0.305 e.